The minimum Gasteiger partial charge on any atom is -0.463 e. The molecule has 0 saturated carbocycles. The van der Waals surface area contributed by atoms with E-state index in [0.29, 0.717) is 0 Å². The summed E-state index contributed by atoms with van der Waals surface area (Å²) in [6.45, 7) is 2.80. The van der Waals surface area contributed by atoms with Gasteiger partial charge in [0.05, 0.1) is 0 Å². The van der Waals surface area contributed by atoms with Crippen LogP contribution < -0.4 is 0 Å². The second kappa shape index (κ2) is 7.32. The van der Waals surface area contributed by atoms with Crippen molar-refractivity contribution in [3.8, 4) is 0 Å². The third-order valence-electron chi connectivity index (χ3n) is 2.64. The van der Waals surface area contributed by atoms with Crippen molar-refractivity contribution in [2.75, 3.05) is 6.61 Å². The largest absolute Gasteiger partial charge is 0.463 e. The van der Waals surface area contributed by atoms with E-state index >= 15 is 0 Å². The van der Waals surface area contributed by atoms with E-state index in [0.717, 1.165) is 20.8 Å². The number of halogens is 1. The Morgan fingerprint density at radius 3 is 2.05 bits per heavy atom. The molecule has 1 rings (SSSR count). The maximum atomic E-state index is 14.3. The van der Waals surface area contributed by atoms with Crippen molar-refractivity contribution in [2.45, 2.75) is 51.5 Å². The fraction of sp³-hybridized carbons (Fsp3) is 0.750. The molecule has 0 aromatic rings. The molecule has 8 nitrogen and oxygen atoms in total. The second-order valence-electron chi connectivity index (χ2n) is 4.46. The first-order chi connectivity index (χ1) is 9.72. The number of aliphatic hydroxyl groups is 1. The monoisotopic (exact) mass is 308 g/mol. The number of alkyl halides is 1. The molecule has 0 amide bonds. The first-order valence-corrected chi connectivity index (χ1v) is 6.17. The molecular formula is C12H17FO8. The molecule has 1 aliphatic heterocycles. The van der Waals surface area contributed by atoms with Gasteiger partial charge in [0, 0.05) is 20.8 Å². The van der Waals surface area contributed by atoms with Gasteiger partial charge in [0.2, 0.25) is 0 Å². The lowest BCUT2D eigenvalue weighted by Gasteiger charge is -2.39. The van der Waals surface area contributed by atoms with Crippen molar-refractivity contribution in [1.82, 2.24) is 0 Å². The van der Waals surface area contributed by atoms with Crippen molar-refractivity contribution >= 4 is 17.9 Å². The van der Waals surface area contributed by atoms with Gasteiger partial charge in [-0.2, -0.15) is 0 Å². The first kappa shape index (κ1) is 17.3. The van der Waals surface area contributed by atoms with Gasteiger partial charge in [0.1, 0.15) is 12.7 Å². The van der Waals surface area contributed by atoms with Gasteiger partial charge < -0.3 is 24.1 Å². The molecular weight excluding hydrogens is 291 g/mol. The van der Waals surface area contributed by atoms with Gasteiger partial charge in [-0.05, 0) is 0 Å². The molecule has 21 heavy (non-hydrogen) atoms. The summed E-state index contributed by atoms with van der Waals surface area (Å²) in [5.41, 5.74) is 0. The van der Waals surface area contributed by atoms with Crippen LogP contribution in [0.4, 0.5) is 4.39 Å². The Bertz CT molecular complexity index is 410. The molecule has 1 aliphatic rings. The number of hydrogen-bond acceptors (Lipinski definition) is 8. The standard InChI is InChI=1S/C12H17FO8/c1-5(14)18-4-8-10(19-6(2)15)9(13)11(12(17)21-8)20-7(3)16/h8-12,17H,4H2,1-3H3. The van der Waals surface area contributed by atoms with E-state index in [4.69, 9.17) is 9.47 Å². The molecule has 1 heterocycles. The molecule has 5 atom stereocenters. The Labute approximate surface area is 120 Å². The zero-order valence-electron chi connectivity index (χ0n) is 11.8. The van der Waals surface area contributed by atoms with Crippen molar-refractivity contribution < 1.29 is 42.8 Å². The van der Waals surface area contributed by atoms with Gasteiger partial charge in [0.15, 0.2) is 24.7 Å². The van der Waals surface area contributed by atoms with Crippen LogP contribution in [-0.2, 0) is 33.3 Å². The molecule has 0 spiro atoms. The summed E-state index contributed by atoms with van der Waals surface area (Å²) in [5, 5.41) is 9.66. The Morgan fingerprint density at radius 2 is 1.57 bits per heavy atom. The smallest absolute Gasteiger partial charge is 0.303 e. The van der Waals surface area contributed by atoms with E-state index in [1.54, 1.807) is 0 Å². The van der Waals surface area contributed by atoms with Crippen LogP contribution in [0.1, 0.15) is 20.8 Å². The van der Waals surface area contributed by atoms with Crippen LogP contribution in [0.15, 0.2) is 0 Å². The van der Waals surface area contributed by atoms with E-state index < -0.39 is 55.3 Å². The molecule has 1 N–H and O–H groups in total. The average Bonchev–Trinajstić information content (AvgIpc) is 2.35. The van der Waals surface area contributed by atoms with Crippen LogP contribution >= 0.6 is 0 Å². The fourth-order valence-corrected chi connectivity index (χ4v) is 1.86. The van der Waals surface area contributed by atoms with Crippen LogP contribution in [0.2, 0.25) is 0 Å². The van der Waals surface area contributed by atoms with E-state index in [9.17, 15) is 23.9 Å². The Morgan fingerprint density at radius 1 is 1.05 bits per heavy atom. The van der Waals surface area contributed by atoms with Crippen molar-refractivity contribution in [3.63, 3.8) is 0 Å². The van der Waals surface area contributed by atoms with Gasteiger partial charge in [-0.25, -0.2) is 4.39 Å². The van der Waals surface area contributed by atoms with Gasteiger partial charge in [0.25, 0.3) is 0 Å². The summed E-state index contributed by atoms with van der Waals surface area (Å²) in [6, 6.07) is 0. The SMILES string of the molecule is CC(=O)OCC1OC(O)C(OC(C)=O)C(F)C1OC(C)=O. The number of carbonyl (C=O) groups excluding carboxylic acids is 3. The Kier molecular flexibility index (Phi) is 6.03. The topological polar surface area (TPSA) is 108 Å². The van der Waals surface area contributed by atoms with Crippen LogP contribution in [0.3, 0.4) is 0 Å². The third-order valence-corrected chi connectivity index (χ3v) is 2.64. The molecule has 0 radical (unpaired) electrons. The molecule has 0 bridgehead atoms. The first-order valence-electron chi connectivity index (χ1n) is 6.17. The van der Waals surface area contributed by atoms with Gasteiger partial charge in [-0.3, -0.25) is 14.4 Å². The number of hydrogen-bond donors (Lipinski definition) is 1. The normalized spacial score (nSPS) is 32.1. The molecule has 5 unspecified atom stereocenters. The summed E-state index contributed by atoms with van der Waals surface area (Å²) >= 11 is 0. The van der Waals surface area contributed by atoms with E-state index in [1.807, 2.05) is 0 Å². The summed E-state index contributed by atoms with van der Waals surface area (Å²) < 4.78 is 33.4. The number of esters is 3. The highest BCUT2D eigenvalue weighted by atomic mass is 19.1. The van der Waals surface area contributed by atoms with Crippen LogP contribution in [0.25, 0.3) is 0 Å². The molecule has 1 fully saturated rings. The summed E-state index contributed by atoms with van der Waals surface area (Å²) in [5.74, 6) is -2.27. The van der Waals surface area contributed by atoms with E-state index in [1.165, 1.54) is 0 Å². The molecule has 0 aromatic heterocycles. The summed E-state index contributed by atoms with van der Waals surface area (Å²) in [7, 11) is 0. The fourth-order valence-electron chi connectivity index (χ4n) is 1.86. The minimum absolute atomic E-state index is 0.419. The number of aliphatic hydroxyl groups excluding tert-OH is 1. The van der Waals surface area contributed by atoms with Gasteiger partial charge in [-0.15, -0.1) is 0 Å². The molecule has 1 saturated heterocycles. The highest BCUT2D eigenvalue weighted by Crippen LogP contribution is 2.27. The maximum absolute atomic E-state index is 14.3. The van der Waals surface area contributed by atoms with Gasteiger partial charge in [-0.1, -0.05) is 0 Å². The lowest BCUT2D eigenvalue weighted by Crippen LogP contribution is -2.59. The zero-order valence-corrected chi connectivity index (χ0v) is 11.8. The summed E-state index contributed by atoms with van der Waals surface area (Å²) in [4.78, 5) is 32.7. The molecule has 120 valence electrons. The van der Waals surface area contributed by atoms with Crippen LogP contribution in [0.5, 0.6) is 0 Å². The predicted octanol–water partition coefficient (Wildman–Crippen LogP) is -0.532. The van der Waals surface area contributed by atoms with E-state index in [2.05, 4.69) is 9.47 Å². The highest BCUT2D eigenvalue weighted by molar-refractivity contribution is 5.67. The van der Waals surface area contributed by atoms with Crippen molar-refractivity contribution in [1.29, 1.82) is 0 Å². The lowest BCUT2D eigenvalue weighted by molar-refractivity contribution is -0.283. The molecule has 9 heteroatoms. The van der Waals surface area contributed by atoms with Crippen LogP contribution in [-0.4, -0.2) is 60.4 Å². The number of rotatable bonds is 4. The number of carbonyl (C=O) groups is 3. The Hall–Kier alpha value is -1.74. The lowest BCUT2D eigenvalue weighted by atomic mass is 10.00. The van der Waals surface area contributed by atoms with Crippen LogP contribution in [0, 0.1) is 0 Å². The predicted molar refractivity (Wildman–Crippen MR) is 63.5 cm³/mol. The van der Waals surface area contributed by atoms with Gasteiger partial charge >= 0.3 is 17.9 Å². The molecule has 0 aliphatic carbocycles. The number of ether oxygens (including phenoxy) is 4. The third kappa shape index (κ3) is 4.94. The van der Waals surface area contributed by atoms with E-state index in [-0.39, 0.29) is 0 Å². The molecule has 0 aromatic carbocycles. The van der Waals surface area contributed by atoms with Crippen molar-refractivity contribution in [2.24, 2.45) is 0 Å². The zero-order chi connectivity index (χ0) is 16.2. The quantitative estimate of drug-likeness (QED) is 0.545. The second-order valence-corrected chi connectivity index (χ2v) is 4.46. The highest BCUT2D eigenvalue weighted by Gasteiger charge is 2.50. The minimum atomic E-state index is -2.03. The summed E-state index contributed by atoms with van der Waals surface area (Å²) in [6.07, 6.45) is -8.12. The Balaban J connectivity index is 2.86. The van der Waals surface area contributed by atoms with Crippen molar-refractivity contribution in [3.05, 3.63) is 0 Å². The maximum Gasteiger partial charge on any atom is 0.303 e. The average molecular weight is 308 g/mol.